The molecule has 0 saturated heterocycles. The largest absolute Gasteiger partial charge is 0.507 e. The Morgan fingerprint density at radius 2 is 1.86 bits per heavy atom. The molecule has 2 atom stereocenters. The molecule has 2 aliphatic rings. The molecule has 0 spiro atoms. The van der Waals surface area contributed by atoms with Gasteiger partial charge in [0, 0.05) is 5.56 Å². The highest BCUT2D eigenvalue weighted by molar-refractivity contribution is 6.27. The van der Waals surface area contributed by atoms with E-state index in [1.54, 1.807) is 19.1 Å². The molecule has 29 heavy (non-hydrogen) atoms. The molecule has 1 heterocycles. The fraction of sp³-hybridized carbons (Fsp3) is 0.364. The number of benzene rings is 1. The van der Waals surface area contributed by atoms with E-state index in [0.717, 1.165) is 5.57 Å². The van der Waals surface area contributed by atoms with Crippen LogP contribution in [0.3, 0.4) is 0 Å². The summed E-state index contributed by atoms with van der Waals surface area (Å²) in [5.41, 5.74) is 0.510. The first-order valence-corrected chi connectivity index (χ1v) is 9.15. The number of ether oxygens (including phenoxy) is 3. The van der Waals surface area contributed by atoms with E-state index in [1.807, 2.05) is 19.9 Å². The van der Waals surface area contributed by atoms with Gasteiger partial charge in [0.15, 0.2) is 0 Å². The molecule has 2 N–H and O–H groups in total. The molecule has 1 aromatic carbocycles. The minimum Gasteiger partial charge on any atom is -0.507 e. The van der Waals surface area contributed by atoms with Crippen molar-refractivity contribution in [3.8, 4) is 11.5 Å². The van der Waals surface area contributed by atoms with Crippen molar-refractivity contribution in [1.29, 1.82) is 0 Å². The lowest BCUT2D eigenvalue weighted by atomic mass is 9.76. The van der Waals surface area contributed by atoms with Crippen molar-refractivity contribution >= 4 is 11.6 Å². The third-order valence-corrected chi connectivity index (χ3v) is 5.51. The second kappa shape index (κ2) is 7.40. The van der Waals surface area contributed by atoms with Gasteiger partial charge in [-0.15, -0.1) is 0 Å². The zero-order valence-electron chi connectivity index (χ0n) is 17.0. The van der Waals surface area contributed by atoms with Crippen molar-refractivity contribution in [2.75, 3.05) is 20.8 Å². The standard InChI is InChI=1S/C22H24O7/c1-11(10-23)7-6-8-22(3)12(2)29-19-15-13(9-14(24)16(19)22)17(25)20(27-4)21(28-5)18(15)26/h6-9,12,23-24H,10H2,1-5H3/b8-6+,11-7+/t12-,22+/m1/s1. The number of fused-ring (bicyclic) bond motifs is 3. The van der Waals surface area contributed by atoms with E-state index in [-0.39, 0.29) is 40.8 Å². The van der Waals surface area contributed by atoms with Gasteiger partial charge in [-0.1, -0.05) is 18.2 Å². The van der Waals surface area contributed by atoms with Crippen LogP contribution in [0.15, 0.2) is 41.4 Å². The topological polar surface area (TPSA) is 102 Å². The normalized spacial score (nSPS) is 23.9. The van der Waals surface area contributed by atoms with Gasteiger partial charge in [0.2, 0.25) is 23.1 Å². The van der Waals surface area contributed by atoms with Gasteiger partial charge in [-0.25, -0.2) is 0 Å². The smallest absolute Gasteiger partial charge is 0.236 e. The van der Waals surface area contributed by atoms with Crippen LogP contribution in [0.2, 0.25) is 0 Å². The van der Waals surface area contributed by atoms with Gasteiger partial charge < -0.3 is 24.4 Å². The number of rotatable bonds is 5. The highest BCUT2D eigenvalue weighted by Crippen LogP contribution is 2.52. The number of aliphatic hydroxyl groups is 1. The number of carbonyl (C=O) groups excluding carboxylic acids is 2. The van der Waals surface area contributed by atoms with Gasteiger partial charge >= 0.3 is 0 Å². The predicted octanol–water partition coefficient (Wildman–Crippen LogP) is 2.81. The van der Waals surface area contributed by atoms with E-state index >= 15 is 0 Å². The fourth-order valence-corrected chi connectivity index (χ4v) is 3.69. The number of aliphatic hydroxyl groups excluding tert-OH is 1. The lowest BCUT2D eigenvalue weighted by Crippen LogP contribution is -2.30. The van der Waals surface area contributed by atoms with Gasteiger partial charge in [-0.3, -0.25) is 9.59 Å². The highest BCUT2D eigenvalue weighted by atomic mass is 16.5. The first-order chi connectivity index (χ1) is 13.7. The van der Waals surface area contributed by atoms with Crippen LogP contribution < -0.4 is 4.74 Å². The zero-order chi connectivity index (χ0) is 21.5. The Morgan fingerprint density at radius 1 is 1.24 bits per heavy atom. The van der Waals surface area contributed by atoms with Gasteiger partial charge in [0.25, 0.3) is 0 Å². The lowest BCUT2D eigenvalue weighted by molar-refractivity contribution is 0.0824. The summed E-state index contributed by atoms with van der Waals surface area (Å²) in [7, 11) is 2.57. The van der Waals surface area contributed by atoms with E-state index in [2.05, 4.69) is 0 Å². The van der Waals surface area contributed by atoms with Gasteiger partial charge in [0.05, 0.1) is 37.4 Å². The summed E-state index contributed by atoms with van der Waals surface area (Å²) in [5, 5.41) is 19.9. The van der Waals surface area contributed by atoms with Crippen LogP contribution in [-0.4, -0.2) is 48.7 Å². The van der Waals surface area contributed by atoms with Crippen LogP contribution in [0.1, 0.15) is 47.1 Å². The van der Waals surface area contributed by atoms with Gasteiger partial charge in [-0.2, -0.15) is 0 Å². The van der Waals surface area contributed by atoms with E-state index in [4.69, 9.17) is 19.3 Å². The van der Waals surface area contributed by atoms with Crippen LogP contribution in [0.4, 0.5) is 0 Å². The number of aromatic hydroxyl groups is 1. The van der Waals surface area contributed by atoms with Crippen LogP contribution in [0, 0.1) is 0 Å². The molecule has 1 aromatic rings. The Labute approximate surface area is 168 Å². The van der Waals surface area contributed by atoms with Crippen molar-refractivity contribution in [3.63, 3.8) is 0 Å². The molecule has 0 amide bonds. The number of hydrogen-bond donors (Lipinski definition) is 2. The number of carbonyl (C=O) groups is 2. The molecule has 1 aliphatic heterocycles. The maximum absolute atomic E-state index is 13.1. The molecule has 0 fully saturated rings. The van der Waals surface area contributed by atoms with Crippen LogP contribution >= 0.6 is 0 Å². The van der Waals surface area contributed by atoms with E-state index in [9.17, 15) is 14.7 Å². The number of phenolic OH excluding ortho intramolecular Hbond substituents is 1. The SMILES string of the molecule is COC1=C(OC)C(=O)c2c(cc(O)c3c2O[C@H](C)[C@]3(C)/C=C/C=C(\C)CO)C1=O. The van der Waals surface area contributed by atoms with E-state index in [0.29, 0.717) is 5.56 Å². The van der Waals surface area contributed by atoms with E-state index in [1.165, 1.54) is 20.3 Å². The van der Waals surface area contributed by atoms with Crippen molar-refractivity contribution in [2.24, 2.45) is 0 Å². The Bertz CT molecular complexity index is 983. The number of Topliss-reactive ketones (excluding diaryl/α,β-unsaturated/α-hetero) is 2. The Hall–Kier alpha value is -3.06. The predicted molar refractivity (Wildman–Crippen MR) is 105 cm³/mol. The molecule has 0 unspecified atom stereocenters. The van der Waals surface area contributed by atoms with Crippen molar-refractivity contribution in [1.82, 2.24) is 0 Å². The zero-order valence-corrected chi connectivity index (χ0v) is 17.0. The first-order valence-electron chi connectivity index (χ1n) is 9.15. The molecule has 1 aliphatic carbocycles. The fourth-order valence-electron chi connectivity index (χ4n) is 3.69. The molecule has 0 aromatic heterocycles. The number of ketones is 2. The number of hydrogen-bond acceptors (Lipinski definition) is 7. The molecule has 3 rings (SSSR count). The first kappa shape index (κ1) is 20.7. The summed E-state index contributed by atoms with van der Waals surface area (Å²) in [6, 6.07) is 1.28. The minimum absolute atomic E-state index is 0.0142. The molecule has 0 saturated carbocycles. The second-order valence-corrected chi connectivity index (χ2v) is 7.32. The molecule has 7 heteroatoms. The summed E-state index contributed by atoms with van der Waals surface area (Å²) in [6.07, 6.45) is 4.96. The van der Waals surface area contributed by atoms with Crippen molar-refractivity contribution in [3.05, 3.63) is 58.1 Å². The monoisotopic (exact) mass is 400 g/mol. The van der Waals surface area contributed by atoms with Crippen LogP contribution in [0.5, 0.6) is 11.5 Å². The van der Waals surface area contributed by atoms with Crippen LogP contribution in [0.25, 0.3) is 0 Å². The lowest BCUT2D eigenvalue weighted by Gasteiger charge is -2.25. The minimum atomic E-state index is -0.761. The summed E-state index contributed by atoms with van der Waals surface area (Å²) < 4.78 is 16.2. The summed E-state index contributed by atoms with van der Waals surface area (Å²) >= 11 is 0. The van der Waals surface area contributed by atoms with Gasteiger partial charge in [-0.05, 0) is 32.4 Å². The Balaban J connectivity index is 2.22. The van der Waals surface area contributed by atoms with Crippen molar-refractivity contribution in [2.45, 2.75) is 32.3 Å². The summed E-state index contributed by atoms with van der Waals surface area (Å²) in [6.45, 7) is 5.42. The number of methoxy groups -OCH3 is 2. The number of phenols is 1. The average Bonchev–Trinajstić information content (AvgIpc) is 2.95. The highest BCUT2D eigenvalue weighted by Gasteiger charge is 2.48. The molecule has 154 valence electrons. The molecule has 7 nitrogen and oxygen atoms in total. The average molecular weight is 400 g/mol. The second-order valence-electron chi connectivity index (χ2n) is 7.32. The molecule has 0 bridgehead atoms. The number of allylic oxidation sites excluding steroid dienone is 4. The van der Waals surface area contributed by atoms with Gasteiger partial charge in [0.1, 0.15) is 17.6 Å². The third kappa shape index (κ3) is 3.02. The summed E-state index contributed by atoms with van der Waals surface area (Å²) in [4.78, 5) is 25.9. The third-order valence-electron chi connectivity index (χ3n) is 5.51. The quantitative estimate of drug-likeness (QED) is 0.733. The Kier molecular flexibility index (Phi) is 5.28. The molecule has 0 radical (unpaired) electrons. The molecular weight excluding hydrogens is 376 g/mol. The van der Waals surface area contributed by atoms with Crippen molar-refractivity contribution < 1.29 is 34.0 Å². The van der Waals surface area contributed by atoms with Crippen LogP contribution in [-0.2, 0) is 14.9 Å². The Morgan fingerprint density at radius 3 is 2.45 bits per heavy atom. The molecular formula is C22H24O7. The van der Waals surface area contributed by atoms with E-state index < -0.39 is 23.1 Å². The maximum Gasteiger partial charge on any atom is 0.236 e. The maximum atomic E-state index is 13.1. The summed E-state index contributed by atoms with van der Waals surface area (Å²) in [5.74, 6) is -1.46.